The molecule has 0 spiro atoms. The van der Waals surface area contributed by atoms with Crippen LogP contribution in [0, 0.1) is 5.92 Å². The third-order valence-electron chi connectivity index (χ3n) is 3.96. The van der Waals surface area contributed by atoms with Gasteiger partial charge in [-0.2, -0.15) is 0 Å². The summed E-state index contributed by atoms with van der Waals surface area (Å²) in [5.74, 6) is 0.174. The van der Waals surface area contributed by atoms with E-state index in [0.29, 0.717) is 11.7 Å². The Morgan fingerprint density at radius 1 is 1.08 bits per heavy atom. The van der Waals surface area contributed by atoms with Crippen LogP contribution in [-0.2, 0) is 11.3 Å². The largest absolute Gasteiger partial charge is 0.351 e. The lowest BCUT2D eigenvalue weighted by molar-refractivity contribution is -0.121. The maximum absolute atomic E-state index is 12.7. The Kier molecular flexibility index (Phi) is 6.07. The number of benzene rings is 2. The Morgan fingerprint density at radius 3 is 2.38 bits per heavy atom. The lowest BCUT2D eigenvalue weighted by Crippen LogP contribution is -2.35. The summed E-state index contributed by atoms with van der Waals surface area (Å²) >= 11 is 1.45. The molecule has 0 aliphatic carbocycles. The third kappa shape index (κ3) is 4.52. The number of nitrogens with zero attached hydrogens (tertiary/aromatic N) is 3. The van der Waals surface area contributed by atoms with E-state index in [1.54, 1.807) is 6.33 Å². The van der Waals surface area contributed by atoms with Crippen LogP contribution in [-0.4, -0.2) is 25.9 Å². The van der Waals surface area contributed by atoms with Gasteiger partial charge in [-0.05, 0) is 23.6 Å². The predicted octanol–water partition coefficient (Wildman–Crippen LogP) is 3.70. The van der Waals surface area contributed by atoms with Crippen LogP contribution in [0.4, 0.5) is 0 Å². The van der Waals surface area contributed by atoms with E-state index in [4.69, 9.17) is 0 Å². The number of amides is 1. The standard InChI is InChI=1S/C20H22N4OS/c1-15(2)18(19(25)21-13-16-9-5-3-6-10-16)26-20-23-22-14-24(20)17-11-7-4-8-12-17/h3-12,14-15,18H,13H2,1-2H3,(H,21,25)/t18-/m1/s1. The number of carbonyl (C=O) groups is 1. The molecule has 1 amide bonds. The van der Waals surface area contributed by atoms with E-state index in [9.17, 15) is 4.79 Å². The first kappa shape index (κ1) is 18.2. The van der Waals surface area contributed by atoms with Crippen LogP contribution in [0.25, 0.3) is 5.69 Å². The minimum Gasteiger partial charge on any atom is -0.351 e. The van der Waals surface area contributed by atoms with Crippen molar-refractivity contribution in [2.45, 2.75) is 30.8 Å². The Morgan fingerprint density at radius 2 is 1.73 bits per heavy atom. The summed E-state index contributed by atoms with van der Waals surface area (Å²) < 4.78 is 1.91. The van der Waals surface area contributed by atoms with Crippen LogP contribution in [0.1, 0.15) is 19.4 Å². The first-order chi connectivity index (χ1) is 12.6. The van der Waals surface area contributed by atoms with Gasteiger partial charge >= 0.3 is 0 Å². The molecule has 2 aromatic carbocycles. The van der Waals surface area contributed by atoms with E-state index in [1.807, 2.05) is 79.1 Å². The lowest BCUT2D eigenvalue weighted by Gasteiger charge is -2.19. The number of hydrogen-bond acceptors (Lipinski definition) is 4. The zero-order chi connectivity index (χ0) is 18.4. The van der Waals surface area contributed by atoms with Gasteiger partial charge in [-0.1, -0.05) is 74.1 Å². The number of nitrogens with one attached hydrogen (secondary N) is 1. The number of hydrogen-bond donors (Lipinski definition) is 1. The van der Waals surface area contributed by atoms with Crippen LogP contribution in [0.2, 0.25) is 0 Å². The van der Waals surface area contributed by atoms with E-state index in [1.165, 1.54) is 11.8 Å². The molecular formula is C20H22N4OS. The second-order valence-corrected chi connectivity index (χ2v) is 7.41. The van der Waals surface area contributed by atoms with Gasteiger partial charge in [0.05, 0.1) is 5.25 Å². The van der Waals surface area contributed by atoms with Crippen molar-refractivity contribution in [2.24, 2.45) is 5.92 Å². The first-order valence-corrected chi connectivity index (χ1v) is 9.47. The van der Waals surface area contributed by atoms with Crippen molar-refractivity contribution in [2.75, 3.05) is 0 Å². The predicted molar refractivity (Wildman–Crippen MR) is 104 cm³/mol. The molecule has 0 bridgehead atoms. The molecule has 0 saturated heterocycles. The lowest BCUT2D eigenvalue weighted by atomic mass is 10.1. The minimum atomic E-state index is -0.245. The molecule has 1 aromatic heterocycles. The number of carbonyl (C=O) groups excluding carboxylic acids is 1. The molecule has 26 heavy (non-hydrogen) atoms. The Balaban J connectivity index is 1.71. The Labute approximate surface area is 157 Å². The SMILES string of the molecule is CC(C)[C@@H](Sc1nncn1-c1ccccc1)C(=O)NCc1ccccc1. The van der Waals surface area contributed by atoms with E-state index >= 15 is 0 Å². The molecule has 0 unspecified atom stereocenters. The van der Waals surface area contributed by atoms with Gasteiger partial charge in [-0.25, -0.2) is 0 Å². The highest BCUT2D eigenvalue weighted by Crippen LogP contribution is 2.28. The molecule has 5 nitrogen and oxygen atoms in total. The zero-order valence-corrected chi connectivity index (χ0v) is 15.7. The average molecular weight is 366 g/mol. The van der Waals surface area contributed by atoms with Gasteiger partial charge in [0.1, 0.15) is 6.33 Å². The van der Waals surface area contributed by atoms with Crippen LogP contribution in [0.5, 0.6) is 0 Å². The first-order valence-electron chi connectivity index (χ1n) is 8.59. The second-order valence-electron chi connectivity index (χ2n) is 6.30. The average Bonchev–Trinajstić information content (AvgIpc) is 3.14. The normalized spacial score (nSPS) is 12.1. The summed E-state index contributed by atoms with van der Waals surface area (Å²) in [7, 11) is 0. The highest BCUT2D eigenvalue weighted by molar-refractivity contribution is 8.00. The van der Waals surface area contributed by atoms with Gasteiger partial charge in [0.2, 0.25) is 5.91 Å². The molecule has 0 saturated carbocycles. The van der Waals surface area contributed by atoms with Crippen LogP contribution >= 0.6 is 11.8 Å². The van der Waals surface area contributed by atoms with Crippen LogP contribution in [0.15, 0.2) is 72.1 Å². The van der Waals surface area contributed by atoms with Crippen molar-refractivity contribution < 1.29 is 4.79 Å². The maximum Gasteiger partial charge on any atom is 0.234 e. The zero-order valence-electron chi connectivity index (χ0n) is 14.9. The fourth-order valence-electron chi connectivity index (χ4n) is 2.56. The molecule has 1 N–H and O–H groups in total. The van der Waals surface area contributed by atoms with Crippen molar-refractivity contribution in [1.29, 1.82) is 0 Å². The van der Waals surface area contributed by atoms with Gasteiger partial charge < -0.3 is 5.32 Å². The van der Waals surface area contributed by atoms with Gasteiger partial charge in [-0.15, -0.1) is 10.2 Å². The molecule has 0 radical (unpaired) electrons. The van der Waals surface area contributed by atoms with E-state index < -0.39 is 0 Å². The van der Waals surface area contributed by atoms with Crippen LogP contribution in [0.3, 0.4) is 0 Å². The third-order valence-corrected chi connectivity index (χ3v) is 5.46. The van der Waals surface area contributed by atoms with Crippen molar-refractivity contribution in [3.8, 4) is 5.69 Å². The second kappa shape index (κ2) is 8.67. The molecule has 0 fully saturated rings. The van der Waals surface area contributed by atoms with Crippen molar-refractivity contribution >= 4 is 17.7 Å². The number of rotatable bonds is 7. The van der Waals surface area contributed by atoms with E-state index in [2.05, 4.69) is 15.5 Å². The fourth-order valence-corrected chi connectivity index (χ4v) is 3.61. The molecule has 3 rings (SSSR count). The van der Waals surface area contributed by atoms with E-state index in [-0.39, 0.29) is 17.1 Å². The Bertz CT molecular complexity index is 833. The summed E-state index contributed by atoms with van der Waals surface area (Å²) in [6.07, 6.45) is 1.68. The van der Waals surface area contributed by atoms with Crippen molar-refractivity contribution in [3.05, 3.63) is 72.6 Å². The quantitative estimate of drug-likeness (QED) is 0.648. The van der Waals surface area contributed by atoms with Crippen LogP contribution < -0.4 is 5.32 Å². The molecule has 3 aromatic rings. The summed E-state index contributed by atoms with van der Waals surface area (Å²) in [5, 5.41) is 11.7. The molecule has 0 aliphatic heterocycles. The summed E-state index contributed by atoms with van der Waals surface area (Å²) in [5.41, 5.74) is 2.06. The molecular weight excluding hydrogens is 344 g/mol. The van der Waals surface area contributed by atoms with Gasteiger partial charge in [0.15, 0.2) is 5.16 Å². The monoisotopic (exact) mass is 366 g/mol. The summed E-state index contributed by atoms with van der Waals surface area (Å²) in [4.78, 5) is 12.7. The topological polar surface area (TPSA) is 59.8 Å². The molecule has 0 aliphatic rings. The molecule has 1 heterocycles. The van der Waals surface area contributed by atoms with Gasteiger partial charge in [0, 0.05) is 12.2 Å². The summed E-state index contributed by atoms with van der Waals surface area (Å²) in [6.45, 7) is 4.61. The summed E-state index contributed by atoms with van der Waals surface area (Å²) in [6, 6.07) is 19.8. The van der Waals surface area contributed by atoms with Crippen molar-refractivity contribution in [1.82, 2.24) is 20.1 Å². The minimum absolute atomic E-state index is 0.0106. The van der Waals surface area contributed by atoms with E-state index in [0.717, 1.165) is 11.3 Å². The number of aromatic nitrogens is 3. The molecule has 134 valence electrons. The van der Waals surface area contributed by atoms with Gasteiger partial charge in [-0.3, -0.25) is 9.36 Å². The van der Waals surface area contributed by atoms with Crippen molar-refractivity contribution in [3.63, 3.8) is 0 Å². The maximum atomic E-state index is 12.7. The number of thioether (sulfide) groups is 1. The highest BCUT2D eigenvalue weighted by Gasteiger charge is 2.25. The number of para-hydroxylation sites is 1. The Hall–Kier alpha value is -2.60. The van der Waals surface area contributed by atoms with Gasteiger partial charge in [0.25, 0.3) is 0 Å². The molecule has 1 atom stereocenters. The molecule has 6 heteroatoms. The smallest absolute Gasteiger partial charge is 0.234 e. The highest BCUT2D eigenvalue weighted by atomic mass is 32.2. The fraction of sp³-hybridized carbons (Fsp3) is 0.250.